The van der Waals surface area contributed by atoms with Crippen LogP contribution in [0.1, 0.15) is 13.8 Å². The smallest absolute Gasteiger partial charge is 0.330 e. The molecule has 0 radical (unpaired) electrons. The Morgan fingerprint density at radius 3 is 2.48 bits per heavy atom. The Bertz CT molecular complexity index is 564. The zero-order chi connectivity index (χ0) is 16.0. The van der Waals surface area contributed by atoms with E-state index in [9.17, 15) is 9.59 Å². The molecule has 1 atom stereocenters. The molecule has 120 valence electrons. The van der Waals surface area contributed by atoms with Crippen molar-refractivity contribution < 1.29 is 9.47 Å². The average Bonchev–Trinajstić information content (AvgIpc) is 2.41. The van der Waals surface area contributed by atoms with E-state index in [1.54, 1.807) is 7.11 Å². The van der Waals surface area contributed by atoms with Crippen molar-refractivity contribution in [2.24, 2.45) is 5.92 Å². The molecule has 8 heteroatoms. The zero-order valence-corrected chi connectivity index (χ0v) is 12.9. The first kappa shape index (κ1) is 17.3. The van der Waals surface area contributed by atoms with Gasteiger partial charge in [0.1, 0.15) is 11.5 Å². The third-order valence-electron chi connectivity index (χ3n) is 3.24. The van der Waals surface area contributed by atoms with Crippen LogP contribution in [0.2, 0.25) is 0 Å². The molecule has 0 amide bonds. The van der Waals surface area contributed by atoms with Crippen LogP contribution in [0.3, 0.4) is 0 Å². The lowest BCUT2D eigenvalue weighted by Crippen LogP contribution is -2.39. The monoisotopic (exact) mass is 300 g/mol. The molecule has 4 N–H and O–H groups in total. The minimum atomic E-state index is -0.548. The Morgan fingerprint density at radius 2 is 1.95 bits per heavy atom. The van der Waals surface area contributed by atoms with Gasteiger partial charge in [0, 0.05) is 14.2 Å². The van der Waals surface area contributed by atoms with Crippen molar-refractivity contribution in [3.63, 3.8) is 0 Å². The van der Waals surface area contributed by atoms with Gasteiger partial charge in [-0.3, -0.25) is 14.3 Å². The van der Waals surface area contributed by atoms with E-state index in [0.29, 0.717) is 13.2 Å². The Labute approximate surface area is 123 Å². The minimum absolute atomic E-state index is 0.0909. The fourth-order valence-corrected chi connectivity index (χ4v) is 1.90. The number of H-pyrrole nitrogens is 1. The predicted octanol–water partition coefficient (Wildman–Crippen LogP) is -0.152. The maximum absolute atomic E-state index is 12.0. The lowest BCUT2D eigenvalue weighted by Gasteiger charge is -2.23. The summed E-state index contributed by atoms with van der Waals surface area (Å²) in [5, 5.41) is 3.07. The van der Waals surface area contributed by atoms with Crippen molar-refractivity contribution >= 4 is 11.5 Å². The van der Waals surface area contributed by atoms with Gasteiger partial charge in [0.2, 0.25) is 0 Å². The summed E-state index contributed by atoms with van der Waals surface area (Å²) in [5.74, 6) is 0.325. The summed E-state index contributed by atoms with van der Waals surface area (Å²) < 4.78 is 11.3. The van der Waals surface area contributed by atoms with Crippen LogP contribution < -0.4 is 22.3 Å². The number of aromatic amines is 1. The van der Waals surface area contributed by atoms with Gasteiger partial charge in [-0.15, -0.1) is 0 Å². The van der Waals surface area contributed by atoms with E-state index in [2.05, 4.69) is 10.3 Å². The summed E-state index contributed by atoms with van der Waals surface area (Å²) in [4.78, 5) is 26.0. The highest BCUT2D eigenvalue weighted by molar-refractivity contribution is 5.61. The van der Waals surface area contributed by atoms with E-state index in [-0.39, 0.29) is 30.0 Å². The van der Waals surface area contributed by atoms with Gasteiger partial charge in [0.15, 0.2) is 0 Å². The van der Waals surface area contributed by atoms with Crippen LogP contribution in [0.4, 0.5) is 11.5 Å². The molecule has 1 unspecified atom stereocenters. The second kappa shape index (κ2) is 7.84. The Hall–Kier alpha value is -1.80. The first-order valence-electron chi connectivity index (χ1n) is 6.79. The number of methoxy groups -OCH3 is 2. The summed E-state index contributed by atoms with van der Waals surface area (Å²) in [6.07, 6.45) is 0. The molecule has 0 aliphatic heterocycles. The van der Waals surface area contributed by atoms with Gasteiger partial charge in [0.25, 0.3) is 5.56 Å². The van der Waals surface area contributed by atoms with E-state index in [0.717, 1.165) is 0 Å². The lowest BCUT2D eigenvalue weighted by atomic mass is 10.1. The molecule has 0 bridgehead atoms. The van der Waals surface area contributed by atoms with Crippen LogP contribution in [-0.4, -0.2) is 43.0 Å². The maximum Gasteiger partial charge on any atom is 0.330 e. The van der Waals surface area contributed by atoms with Crippen LogP contribution in [0.25, 0.3) is 0 Å². The first-order chi connectivity index (χ1) is 9.92. The molecular weight excluding hydrogens is 276 g/mol. The fourth-order valence-electron chi connectivity index (χ4n) is 1.90. The van der Waals surface area contributed by atoms with Crippen LogP contribution in [0, 0.1) is 5.92 Å². The van der Waals surface area contributed by atoms with Crippen LogP contribution in [-0.2, 0) is 16.0 Å². The molecule has 8 nitrogen and oxygen atoms in total. The van der Waals surface area contributed by atoms with E-state index < -0.39 is 11.2 Å². The van der Waals surface area contributed by atoms with Crippen molar-refractivity contribution in [2.75, 3.05) is 38.5 Å². The predicted molar refractivity (Wildman–Crippen MR) is 81.7 cm³/mol. The number of hydrogen-bond donors (Lipinski definition) is 3. The molecule has 1 aromatic heterocycles. The van der Waals surface area contributed by atoms with Crippen molar-refractivity contribution in [3.05, 3.63) is 20.8 Å². The quantitative estimate of drug-likeness (QED) is 0.615. The van der Waals surface area contributed by atoms with E-state index >= 15 is 0 Å². The molecule has 0 aliphatic rings. The number of ether oxygens (including phenoxy) is 2. The molecule has 0 saturated heterocycles. The Kier molecular flexibility index (Phi) is 6.44. The molecule has 1 heterocycles. The standard InChI is InChI=1S/C13H24N4O4/c1-8(2)9(7-21-4)15-10-11(14)17(5-6-20-3)13(19)16-12(10)18/h8-9,15H,5-7,14H2,1-4H3,(H,16,18,19). The average molecular weight is 300 g/mol. The molecule has 0 aromatic carbocycles. The third kappa shape index (κ3) is 4.33. The summed E-state index contributed by atoms with van der Waals surface area (Å²) in [5.41, 5.74) is 5.05. The van der Waals surface area contributed by atoms with Crippen molar-refractivity contribution in [3.8, 4) is 0 Å². The van der Waals surface area contributed by atoms with Crippen molar-refractivity contribution in [1.29, 1.82) is 0 Å². The first-order valence-corrected chi connectivity index (χ1v) is 6.79. The SMILES string of the molecule is COCCn1c(N)c(NC(COC)C(C)C)c(=O)[nH]c1=O. The number of nitrogens with zero attached hydrogens (tertiary/aromatic N) is 1. The minimum Gasteiger partial charge on any atom is -0.383 e. The normalized spacial score (nSPS) is 12.6. The van der Waals surface area contributed by atoms with Gasteiger partial charge in [-0.1, -0.05) is 13.8 Å². The van der Waals surface area contributed by atoms with Gasteiger partial charge in [-0.05, 0) is 5.92 Å². The Balaban J connectivity index is 3.17. The summed E-state index contributed by atoms with van der Waals surface area (Å²) in [7, 11) is 3.11. The van der Waals surface area contributed by atoms with Gasteiger partial charge in [0.05, 0.1) is 25.8 Å². The topological polar surface area (TPSA) is 111 Å². The largest absolute Gasteiger partial charge is 0.383 e. The van der Waals surface area contributed by atoms with Crippen LogP contribution >= 0.6 is 0 Å². The summed E-state index contributed by atoms with van der Waals surface area (Å²) >= 11 is 0. The highest BCUT2D eigenvalue weighted by Gasteiger charge is 2.18. The third-order valence-corrected chi connectivity index (χ3v) is 3.24. The van der Waals surface area contributed by atoms with Gasteiger partial charge < -0.3 is 20.5 Å². The molecule has 0 fully saturated rings. The molecule has 1 aromatic rings. The number of nitrogens with two attached hydrogens (primary N) is 1. The van der Waals surface area contributed by atoms with E-state index in [4.69, 9.17) is 15.2 Å². The number of hydrogen-bond acceptors (Lipinski definition) is 6. The molecular formula is C13H24N4O4. The highest BCUT2D eigenvalue weighted by Crippen LogP contribution is 2.15. The molecule has 0 spiro atoms. The van der Waals surface area contributed by atoms with Crippen molar-refractivity contribution in [1.82, 2.24) is 9.55 Å². The molecule has 0 aliphatic carbocycles. The summed E-state index contributed by atoms with van der Waals surface area (Å²) in [6.45, 7) is 5.02. The number of nitrogens with one attached hydrogen (secondary N) is 2. The van der Waals surface area contributed by atoms with Gasteiger partial charge in [-0.25, -0.2) is 4.79 Å². The number of nitrogen functional groups attached to an aromatic ring is 1. The highest BCUT2D eigenvalue weighted by atomic mass is 16.5. The van der Waals surface area contributed by atoms with Crippen LogP contribution in [0.15, 0.2) is 9.59 Å². The lowest BCUT2D eigenvalue weighted by molar-refractivity contribution is 0.171. The second-order valence-corrected chi connectivity index (χ2v) is 5.11. The number of anilines is 2. The van der Waals surface area contributed by atoms with Crippen LogP contribution in [0.5, 0.6) is 0 Å². The van der Waals surface area contributed by atoms with Crippen molar-refractivity contribution in [2.45, 2.75) is 26.4 Å². The molecule has 21 heavy (non-hydrogen) atoms. The number of aromatic nitrogens is 2. The van der Waals surface area contributed by atoms with Gasteiger partial charge >= 0.3 is 5.69 Å². The zero-order valence-electron chi connectivity index (χ0n) is 12.9. The summed E-state index contributed by atoms with van der Waals surface area (Å²) in [6, 6.07) is -0.0909. The van der Waals surface area contributed by atoms with E-state index in [1.807, 2.05) is 13.8 Å². The maximum atomic E-state index is 12.0. The number of rotatable bonds is 8. The Morgan fingerprint density at radius 1 is 1.29 bits per heavy atom. The second-order valence-electron chi connectivity index (χ2n) is 5.11. The molecule has 0 saturated carbocycles. The van der Waals surface area contributed by atoms with E-state index in [1.165, 1.54) is 11.7 Å². The van der Waals surface area contributed by atoms with Gasteiger partial charge in [-0.2, -0.15) is 0 Å². The fraction of sp³-hybridized carbons (Fsp3) is 0.692. The molecule has 1 rings (SSSR count).